The lowest BCUT2D eigenvalue weighted by molar-refractivity contribution is -0.146. The molecular formula is C14H23N3O4. The highest BCUT2D eigenvalue weighted by Crippen LogP contribution is 2.21. The highest BCUT2D eigenvalue weighted by molar-refractivity contribution is 5.99. The quantitative estimate of drug-likeness (QED) is 0.691. The van der Waals surface area contributed by atoms with E-state index in [0.29, 0.717) is 52.2 Å². The predicted octanol–water partition coefficient (Wildman–Crippen LogP) is -0.795. The van der Waals surface area contributed by atoms with Crippen molar-refractivity contribution in [1.82, 2.24) is 9.80 Å². The normalized spacial score (nSPS) is 22.0. The minimum atomic E-state index is -0.795. The SMILES string of the molecule is CC(C(N)=O)C(=O)N1CCC(C(=O)N2CCOCC2)CC1. The van der Waals surface area contributed by atoms with E-state index in [0.717, 1.165) is 0 Å². The number of rotatable bonds is 3. The highest BCUT2D eigenvalue weighted by Gasteiger charge is 2.33. The first-order valence-corrected chi connectivity index (χ1v) is 7.45. The zero-order valence-electron chi connectivity index (χ0n) is 12.4. The molecule has 2 aliphatic heterocycles. The topological polar surface area (TPSA) is 92.9 Å². The van der Waals surface area contributed by atoms with Gasteiger partial charge >= 0.3 is 0 Å². The van der Waals surface area contributed by atoms with Gasteiger partial charge in [0.2, 0.25) is 17.7 Å². The molecule has 0 spiro atoms. The number of primary amides is 1. The Labute approximate surface area is 124 Å². The molecule has 2 fully saturated rings. The maximum absolute atomic E-state index is 12.4. The Kier molecular flexibility index (Phi) is 5.17. The van der Waals surface area contributed by atoms with Crippen LogP contribution in [0.3, 0.4) is 0 Å². The van der Waals surface area contributed by atoms with Crippen molar-refractivity contribution in [3.8, 4) is 0 Å². The summed E-state index contributed by atoms with van der Waals surface area (Å²) in [4.78, 5) is 38.9. The van der Waals surface area contributed by atoms with Crippen LogP contribution in [0.4, 0.5) is 0 Å². The van der Waals surface area contributed by atoms with Gasteiger partial charge in [0.1, 0.15) is 5.92 Å². The second-order valence-electron chi connectivity index (χ2n) is 5.66. The molecule has 3 amide bonds. The third-order valence-corrected chi connectivity index (χ3v) is 4.28. The fourth-order valence-corrected chi connectivity index (χ4v) is 2.78. The van der Waals surface area contributed by atoms with Crippen LogP contribution in [0.2, 0.25) is 0 Å². The fraction of sp³-hybridized carbons (Fsp3) is 0.786. The number of hydrogen-bond donors (Lipinski definition) is 1. The Morgan fingerprint density at radius 1 is 1.05 bits per heavy atom. The molecule has 0 aromatic carbocycles. The molecule has 0 aromatic heterocycles. The van der Waals surface area contributed by atoms with E-state index in [4.69, 9.17) is 10.5 Å². The van der Waals surface area contributed by atoms with Crippen LogP contribution < -0.4 is 5.73 Å². The molecule has 0 aliphatic carbocycles. The number of likely N-dealkylation sites (tertiary alicyclic amines) is 1. The lowest BCUT2D eigenvalue weighted by atomic mass is 9.94. The van der Waals surface area contributed by atoms with Gasteiger partial charge in [0.05, 0.1) is 13.2 Å². The van der Waals surface area contributed by atoms with Crippen molar-refractivity contribution in [2.45, 2.75) is 19.8 Å². The van der Waals surface area contributed by atoms with E-state index in [1.807, 2.05) is 4.90 Å². The Morgan fingerprint density at radius 2 is 1.62 bits per heavy atom. The molecule has 0 saturated carbocycles. The average molecular weight is 297 g/mol. The van der Waals surface area contributed by atoms with Gasteiger partial charge in [-0.2, -0.15) is 0 Å². The number of amides is 3. The monoisotopic (exact) mass is 297 g/mol. The number of piperidine rings is 1. The second-order valence-corrected chi connectivity index (χ2v) is 5.66. The van der Waals surface area contributed by atoms with Crippen LogP contribution in [0.1, 0.15) is 19.8 Å². The van der Waals surface area contributed by atoms with E-state index in [1.54, 1.807) is 4.90 Å². The van der Waals surface area contributed by atoms with Gasteiger partial charge in [-0.05, 0) is 19.8 Å². The van der Waals surface area contributed by atoms with Crippen LogP contribution in [0.5, 0.6) is 0 Å². The zero-order valence-corrected chi connectivity index (χ0v) is 12.4. The van der Waals surface area contributed by atoms with Crippen molar-refractivity contribution in [3.63, 3.8) is 0 Å². The number of nitrogens with zero attached hydrogens (tertiary/aromatic N) is 2. The summed E-state index contributed by atoms with van der Waals surface area (Å²) >= 11 is 0. The molecule has 2 rings (SSSR count). The third-order valence-electron chi connectivity index (χ3n) is 4.28. The number of morpholine rings is 1. The summed E-state index contributed by atoms with van der Waals surface area (Å²) < 4.78 is 5.24. The molecule has 2 saturated heterocycles. The van der Waals surface area contributed by atoms with Gasteiger partial charge in [-0.1, -0.05) is 0 Å². The summed E-state index contributed by atoms with van der Waals surface area (Å²) in [7, 11) is 0. The zero-order chi connectivity index (χ0) is 15.4. The number of carbonyl (C=O) groups excluding carboxylic acids is 3. The van der Waals surface area contributed by atoms with Crippen LogP contribution in [-0.2, 0) is 19.1 Å². The van der Waals surface area contributed by atoms with Crippen molar-refractivity contribution in [1.29, 1.82) is 0 Å². The summed E-state index contributed by atoms with van der Waals surface area (Å²) in [6, 6.07) is 0. The summed E-state index contributed by atoms with van der Waals surface area (Å²) in [5.41, 5.74) is 5.16. The van der Waals surface area contributed by atoms with Gasteiger partial charge in [0.15, 0.2) is 0 Å². The predicted molar refractivity (Wildman–Crippen MR) is 75.1 cm³/mol. The Bertz CT molecular complexity index is 412. The number of hydrogen-bond acceptors (Lipinski definition) is 4. The molecule has 7 nitrogen and oxygen atoms in total. The second kappa shape index (κ2) is 6.89. The lowest BCUT2D eigenvalue weighted by Gasteiger charge is -2.36. The van der Waals surface area contributed by atoms with Crippen molar-refractivity contribution >= 4 is 17.7 Å². The van der Waals surface area contributed by atoms with Gasteiger partial charge in [-0.15, -0.1) is 0 Å². The van der Waals surface area contributed by atoms with Gasteiger partial charge in [0.25, 0.3) is 0 Å². The average Bonchev–Trinajstić information content (AvgIpc) is 2.53. The summed E-state index contributed by atoms with van der Waals surface area (Å²) in [6.07, 6.45) is 1.29. The molecule has 2 heterocycles. The lowest BCUT2D eigenvalue weighted by Crippen LogP contribution is -2.49. The summed E-state index contributed by atoms with van der Waals surface area (Å²) in [5.74, 6) is -1.51. The summed E-state index contributed by atoms with van der Waals surface area (Å²) in [6.45, 7) is 5.04. The van der Waals surface area contributed by atoms with E-state index < -0.39 is 11.8 Å². The summed E-state index contributed by atoms with van der Waals surface area (Å²) in [5, 5.41) is 0. The standard InChI is InChI=1S/C14H23N3O4/c1-10(12(15)18)13(19)16-4-2-11(3-5-16)14(20)17-6-8-21-9-7-17/h10-11H,2-9H2,1H3,(H2,15,18). The maximum atomic E-state index is 12.4. The molecule has 0 bridgehead atoms. The van der Waals surface area contributed by atoms with E-state index in [1.165, 1.54) is 6.92 Å². The molecule has 0 aromatic rings. The van der Waals surface area contributed by atoms with Gasteiger partial charge in [-0.25, -0.2) is 0 Å². The first kappa shape index (κ1) is 15.8. The van der Waals surface area contributed by atoms with E-state index >= 15 is 0 Å². The van der Waals surface area contributed by atoms with Crippen LogP contribution in [0, 0.1) is 11.8 Å². The molecule has 7 heteroatoms. The van der Waals surface area contributed by atoms with Crippen LogP contribution in [-0.4, -0.2) is 66.9 Å². The van der Waals surface area contributed by atoms with Crippen molar-refractivity contribution in [3.05, 3.63) is 0 Å². The molecule has 0 radical (unpaired) electrons. The molecule has 2 aliphatic rings. The van der Waals surface area contributed by atoms with Crippen LogP contribution in [0.15, 0.2) is 0 Å². The van der Waals surface area contributed by atoms with Crippen molar-refractivity contribution in [2.75, 3.05) is 39.4 Å². The maximum Gasteiger partial charge on any atom is 0.234 e. The van der Waals surface area contributed by atoms with Crippen LogP contribution >= 0.6 is 0 Å². The van der Waals surface area contributed by atoms with Gasteiger partial charge < -0.3 is 20.3 Å². The fourth-order valence-electron chi connectivity index (χ4n) is 2.78. The Balaban J connectivity index is 1.83. The molecule has 2 N–H and O–H groups in total. The molecule has 1 unspecified atom stereocenters. The molecule has 21 heavy (non-hydrogen) atoms. The first-order chi connectivity index (χ1) is 10.0. The number of nitrogens with two attached hydrogens (primary N) is 1. The Morgan fingerprint density at radius 3 is 2.14 bits per heavy atom. The minimum absolute atomic E-state index is 0.0314. The number of ether oxygens (including phenoxy) is 1. The van der Waals surface area contributed by atoms with E-state index in [-0.39, 0.29) is 17.7 Å². The largest absolute Gasteiger partial charge is 0.378 e. The molecule has 1 atom stereocenters. The number of carbonyl (C=O) groups is 3. The smallest absolute Gasteiger partial charge is 0.234 e. The first-order valence-electron chi connectivity index (χ1n) is 7.45. The molecule has 118 valence electrons. The highest BCUT2D eigenvalue weighted by atomic mass is 16.5. The van der Waals surface area contributed by atoms with Gasteiger partial charge in [0, 0.05) is 32.1 Å². The van der Waals surface area contributed by atoms with E-state index in [2.05, 4.69) is 0 Å². The third kappa shape index (κ3) is 3.72. The Hall–Kier alpha value is -1.63. The van der Waals surface area contributed by atoms with E-state index in [9.17, 15) is 14.4 Å². The van der Waals surface area contributed by atoms with Crippen molar-refractivity contribution < 1.29 is 19.1 Å². The van der Waals surface area contributed by atoms with Crippen LogP contribution in [0.25, 0.3) is 0 Å². The minimum Gasteiger partial charge on any atom is -0.378 e. The van der Waals surface area contributed by atoms with Gasteiger partial charge in [-0.3, -0.25) is 14.4 Å². The van der Waals surface area contributed by atoms with Crippen molar-refractivity contribution in [2.24, 2.45) is 17.6 Å². The molecular weight excluding hydrogens is 274 g/mol.